The molecule has 0 fully saturated rings. The van der Waals surface area contributed by atoms with Crippen molar-refractivity contribution in [2.75, 3.05) is 24.2 Å². The number of halogens is 1. The zero-order chi connectivity index (χ0) is 12.7. The third-order valence-corrected chi connectivity index (χ3v) is 3.65. The molecule has 0 aliphatic heterocycles. The molecule has 1 aromatic heterocycles. The first-order valence-corrected chi connectivity index (χ1v) is 6.71. The average Bonchev–Trinajstić information content (AvgIpc) is 2.33. The molecule has 0 spiro atoms. The summed E-state index contributed by atoms with van der Waals surface area (Å²) in [7, 11) is 0. The van der Waals surface area contributed by atoms with Crippen molar-refractivity contribution in [3.05, 3.63) is 16.2 Å². The molecule has 0 unspecified atom stereocenters. The Labute approximate surface area is 111 Å². The van der Waals surface area contributed by atoms with Gasteiger partial charge in [-0.2, -0.15) is 0 Å². The molecule has 4 nitrogen and oxygen atoms in total. The Balaban J connectivity index is 2.35. The molecule has 17 heavy (non-hydrogen) atoms. The van der Waals surface area contributed by atoms with Crippen LogP contribution in [0.4, 0.5) is 11.5 Å². The second-order valence-corrected chi connectivity index (χ2v) is 4.86. The number of pyridine rings is 1. The van der Waals surface area contributed by atoms with Gasteiger partial charge >= 0.3 is 0 Å². The number of nitrogens with zero attached hydrogens (tertiary/aromatic N) is 1. The van der Waals surface area contributed by atoms with E-state index < -0.39 is 0 Å². The van der Waals surface area contributed by atoms with Crippen LogP contribution in [0.5, 0.6) is 0 Å². The smallest absolute Gasteiger partial charge is 0.140 e. The lowest BCUT2D eigenvalue weighted by molar-refractivity contribution is 0.283. The van der Waals surface area contributed by atoms with Gasteiger partial charge in [-0.3, -0.25) is 0 Å². The molecule has 0 saturated carbocycles. The van der Waals surface area contributed by atoms with Crippen molar-refractivity contribution in [2.45, 2.75) is 32.6 Å². The molecule has 1 aromatic rings. The second-order valence-electron chi connectivity index (χ2n) is 4.07. The molecule has 1 rings (SSSR count). The molecule has 0 amide bonds. The van der Waals surface area contributed by atoms with Gasteiger partial charge < -0.3 is 16.2 Å². The summed E-state index contributed by atoms with van der Waals surface area (Å²) in [6.07, 6.45) is 5.85. The molecule has 0 saturated heterocycles. The highest BCUT2D eigenvalue weighted by atomic mass is 79.9. The van der Waals surface area contributed by atoms with Crippen LogP contribution < -0.4 is 11.1 Å². The highest BCUT2D eigenvalue weighted by Crippen LogP contribution is 2.27. The number of rotatable bonds is 7. The van der Waals surface area contributed by atoms with Crippen molar-refractivity contribution >= 4 is 27.4 Å². The van der Waals surface area contributed by atoms with Gasteiger partial charge in [-0.25, -0.2) is 4.98 Å². The predicted molar refractivity (Wildman–Crippen MR) is 75.1 cm³/mol. The minimum atomic E-state index is 0.289. The van der Waals surface area contributed by atoms with Crippen molar-refractivity contribution in [1.29, 1.82) is 0 Å². The van der Waals surface area contributed by atoms with Crippen LogP contribution in [-0.2, 0) is 0 Å². The van der Waals surface area contributed by atoms with Crippen molar-refractivity contribution in [3.63, 3.8) is 0 Å². The molecule has 0 radical (unpaired) electrons. The van der Waals surface area contributed by atoms with Crippen LogP contribution in [0.15, 0.2) is 10.7 Å². The van der Waals surface area contributed by atoms with Gasteiger partial charge in [0.05, 0.1) is 16.4 Å². The summed E-state index contributed by atoms with van der Waals surface area (Å²) in [6, 6.07) is 0. The molecule has 96 valence electrons. The maximum Gasteiger partial charge on any atom is 0.140 e. The average molecular weight is 302 g/mol. The van der Waals surface area contributed by atoms with Gasteiger partial charge in [-0.1, -0.05) is 12.8 Å². The summed E-state index contributed by atoms with van der Waals surface area (Å²) in [6.45, 7) is 3.14. The van der Waals surface area contributed by atoms with Gasteiger partial charge in [-0.15, -0.1) is 0 Å². The van der Waals surface area contributed by atoms with Crippen LogP contribution in [-0.4, -0.2) is 23.2 Å². The lowest BCUT2D eigenvalue weighted by Gasteiger charge is -2.10. The Kier molecular flexibility index (Phi) is 6.29. The monoisotopic (exact) mass is 301 g/mol. The van der Waals surface area contributed by atoms with E-state index >= 15 is 0 Å². The van der Waals surface area contributed by atoms with Crippen LogP contribution in [0.3, 0.4) is 0 Å². The number of nitrogens with two attached hydrogens (primary N) is 1. The van der Waals surface area contributed by atoms with E-state index in [-0.39, 0.29) is 6.61 Å². The standard InChI is InChI=1S/C12H20BrN3O/c1-9-10(14)8-16-12(11(9)13)15-6-4-2-3-5-7-17/h8,17H,2-7,14H2,1H3,(H,15,16). The van der Waals surface area contributed by atoms with Gasteiger partial charge in [0.1, 0.15) is 5.82 Å². The molecule has 0 aromatic carbocycles. The van der Waals surface area contributed by atoms with E-state index in [9.17, 15) is 0 Å². The SMILES string of the molecule is Cc1c(N)cnc(NCCCCCCO)c1Br. The summed E-state index contributed by atoms with van der Waals surface area (Å²) in [4.78, 5) is 4.25. The van der Waals surface area contributed by atoms with Crippen LogP contribution in [0, 0.1) is 6.92 Å². The summed E-state index contributed by atoms with van der Waals surface area (Å²) < 4.78 is 0.938. The zero-order valence-electron chi connectivity index (χ0n) is 10.2. The Morgan fingerprint density at radius 1 is 1.35 bits per heavy atom. The topological polar surface area (TPSA) is 71.2 Å². The van der Waals surface area contributed by atoms with Crippen LogP contribution in [0.1, 0.15) is 31.2 Å². The highest BCUT2D eigenvalue weighted by molar-refractivity contribution is 9.10. The van der Waals surface area contributed by atoms with E-state index in [4.69, 9.17) is 10.8 Å². The van der Waals surface area contributed by atoms with Crippen molar-refractivity contribution in [1.82, 2.24) is 4.98 Å². The van der Waals surface area contributed by atoms with Gasteiger partial charge in [-0.05, 0) is 41.3 Å². The van der Waals surface area contributed by atoms with Crippen molar-refractivity contribution in [2.24, 2.45) is 0 Å². The first-order chi connectivity index (χ1) is 8.16. The highest BCUT2D eigenvalue weighted by Gasteiger charge is 2.06. The zero-order valence-corrected chi connectivity index (χ0v) is 11.8. The molecule has 0 bridgehead atoms. The van der Waals surface area contributed by atoms with Gasteiger partial charge in [0.25, 0.3) is 0 Å². The first kappa shape index (κ1) is 14.3. The summed E-state index contributed by atoms with van der Waals surface area (Å²) in [5.41, 5.74) is 7.47. The number of aliphatic hydroxyl groups excluding tert-OH is 1. The maximum absolute atomic E-state index is 8.65. The van der Waals surface area contributed by atoms with Gasteiger partial charge in [0, 0.05) is 13.2 Å². The first-order valence-electron chi connectivity index (χ1n) is 5.92. The summed E-state index contributed by atoms with van der Waals surface area (Å²) in [5, 5.41) is 11.9. The number of nitrogen functional groups attached to an aromatic ring is 1. The largest absolute Gasteiger partial charge is 0.397 e. The van der Waals surface area contributed by atoms with Gasteiger partial charge in [0.15, 0.2) is 0 Å². The molecule has 0 aliphatic carbocycles. The quantitative estimate of drug-likeness (QED) is 0.677. The Morgan fingerprint density at radius 2 is 2.06 bits per heavy atom. The fourth-order valence-corrected chi connectivity index (χ4v) is 1.98. The predicted octanol–water partition coefficient (Wildman–Crippen LogP) is 2.70. The Morgan fingerprint density at radius 3 is 2.76 bits per heavy atom. The lowest BCUT2D eigenvalue weighted by atomic mass is 10.2. The third-order valence-electron chi connectivity index (χ3n) is 2.68. The summed E-state index contributed by atoms with van der Waals surface area (Å²) in [5.74, 6) is 0.846. The van der Waals surface area contributed by atoms with E-state index in [0.717, 1.165) is 48.1 Å². The molecule has 1 heterocycles. The molecule has 5 heteroatoms. The molecule has 0 atom stereocenters. The maximum atomic E-state index is 8.65. The van der Waals surface area contributed by atoms with E-state index in [1.54, 1.807) is 6.20 Å². The van der Waals surface area contributed by atoms with Crippen molar-refractivity contribution < 1.29 is 5.11 Å². The van der Waals surface area contributed by atoms with E-state index in [0.29, 0.717) is 5.69 Å². The molecule has 0 aliphatic rings. The summed E-state index contributed by atoms with van der Waals surface area (Å²) >= 11 is 3.49. The van der Waals surface area contributed by atoms with E-state index in [1.165, 1.54) is 0 Å². The van der Waals surface area contributed by atoms with Crippen LogP contribution in [0.2, 0.25) is 0 Å². The number of anilines is 2. The van der Waals surface area contributed by atoms with Crippen LogP contribution in [0.25, 0.3) is 0 Å². The number of aliphatic hydroxyl groups is 1. The Bertz CT molecular complexity index is 358. The van der Waals surface area contributed by atoms with E-state index in [2.05, 4.69) is 26.2 Å². The van der Waals surface area contributed by atoms with E-state index in [1.807, 2.05) is 6.92 Å². The number of aromatic nitrogens is 1. The number of hydrogen-bond acceptors (Lipinski definition) is 4. The number of hydrogen-bond donors (Lipinski definition) is 3. The number of unbranched alkanes of at least 4 members (excludes halogenated alkanes) is 3. The fraction of sp³-hybridized carbons (Fsp3) is 0.583. The molecule has 4 N–H and O–H groups in total. The number of nitrogens with one attached hydrogen (secondary N) is 1. The molecular formula is C12H20BrN3O. The normalized spacial score (nSPS) is 10.5. The minimum absolute atomic E-state index is 0.289. The van der Waals surface area contributed by atoms with Gasteiger partial charge in [0.2, 0.25) is 0 Å². The second kappa shape index (κ2) is 7.50. The molecular weight excluding hydrogens is 282 g/mol. The fourth-order valence-electron chi connectivity index (χ4n) is 1.51. The van der Waals surface area contributed by atoms with Crippen molar-refractivity contribution in [3.8, 4) is 0 Å². The Hall–Kier alpha value is -0.810. The lowest BCUT2D eigenvalue weighted by Crippen LogP contribution is -2.06. The van der Waals surface area contributed by atoms with Crippen LogP contribution >= 0.6 is 15.9 Å². The minimum Gasteiger partial charge on any atom is -0.397 e. The third kappa shape index (κ3) is 4.52.